The third kappa shape index (κ3) is 2.20. The van der Waals surface area contributed by atoms with Gasteiger partial charge < -0.3 is 16.6 Å². The molecule has 0 bridgehead atoms. The van der Waals surface area contributed by atoms with E-state index in [1.807, 2.05) is 19.1 Å². The lowest BCUT2D eigenvalue weighted by Crippen LogP contribution is -2.35. The molecule has 0 radical (unpaired) electrons. The number of nitrogens with two attached hydrogens (primary N) is 2. The second-order valence-electron chi connectivity index (χ2n) is 3.47. The molecule has 0 saturated heterocycles. The van der Waals surface area contributed by atoms with Crippen molar-refractivity contribution in [2.75, 3.05) is 6.54 Å². The van der Waals surface area contributed by atoms with Gasteiger partial charge in [-0.1, -0.05) is 18.2 Å². The Bertz CT molecular complexity index is 284. The predicted octanol–water partition coefficient (Wildman–Crippen LogP) is 0.915. The Labute approximate surface area is 78.4 Å². The quantitative estimate of drug-likeness (QED) is 0.647. The zero-order chi connectivity index (χ0) is 9.90. The first-order valence-corrected chi connectivity index (χ1v) is 4.35. The third-order valence-electron chi connectivity index (χ3n) is 2.18. The molecule has 0 heterocycles. The topological polar surface area (TPSA) is 72.3 Å². The van der Waals surface area contributed by atoms with Crippen LogP contribution in [0, 0.1) is 0 Å². The van der Waals surface area contributed by atoms with Crippen molar-refractivity contribution in [3.8, 4) is 5.75 Å². The van der Waals surface area contributed by atoms with Crippen molar-refractivity contribution in [2.24, 2.45) is 11.5 Å². The van der Waals surface area contributed by atoms with E-state index >= 15 is 0 Å². The van der Waals surface area contributed by atoms with E-state index in [1.54, 1.807) is 12.1 Å². The van der Waals surface area contributed by atoms with E-state index < -0.39 is 5.54 Å². The molecule has 3 heteroatoms. The van der Waals surface area contributed by atoms with Gasteiger partial charge in [-0.2, -0.15) is 0 Å². The van der Waals surface area contributed by atoms with Crippen molar-refractivity contribution in [3.05, 3.63) is 29.8 Å². The van der Waals surface area contributed by atoms with Gasteiger partial charge in [-0.05, 0) is 26.0 Å². The van der Waals surface area contributed by atoms with Crippen LogP contribution in [0.2, 0.25) is 0 Å². The average molecular weight is 180 g/mol. The largest absolute Gasteiger partial charge is 0.508 e. The van der Waals surface area contributed by atoms with Crippen molar-refractivity contribution in [3.63, 3.8) is 0 Å². The lowest BCUT2D eigenvalue weighted by Gasteiger charge is -2.25. The molecule has 0 saturated carbocycles. The summed E-state index contributed by atoms with van der Waals surface area (Å²) in [4.78, 5) is 0. The van der Waals surface area contributed by atoms with Gasteiger partial charge in [-0.15, -0.1) is 0 Å². The highest BCUT2D eigenvalue weighted by molar-refractivity contribution is 5.37. The predicted molar refractivity (Wildman–Crippen MR) is 53.3 cm³/mol. The van der Waals surface area contributed by atoms with Gasteiger partial charge in [0.1, 0.15) is 5.75 Å². The minimum absolute atomic E-state index is 0.237. The minimum atomic E-state index is -0.542. The molecule has 1 aromatic rings. The smallest absolute Gasteiger partial charge is 0.120 e. The second-order valence-corrected chi connectivity index (χ2v) is 3.47. The fraction of sp³-hybridized carbons (Fsp3) is 0.400. The standard InChI is InChI=1S/C10H16N2O/c1-10(12,6-7-11)8-4-2-3-5-9(8)13/h2-5,13H,6-7,11-12H2,1H3. The maximum atomic E-state index is 9.55. The summed E-state index contributed by atoms with van der Waals surface area (Å²) >= 11 is 0. The molecule has 0 fully saturated rings. The summed E-state index contributed by atoms with van der Waals surface area (Å²) in [7, 11) is 0. The van der Waals surface area contributed by atoms with E-state index in [2.05, 4.69) is 0 Å². The van der Waals surface area contributed by atoms with Crippen LogP contribution in [0.15, 0.2) is 24.3 Å². The average Bonchev–Trinajstić information content (AvgIpc) is 2.04. The molecule has 3 nitrogen and oxygen atoms in total. The highest BCUT2D eigenvalue weighted by Crippen LogP contribution is 2.28. The van der Waals surface area contributed by atoms with Crippen LogP contribution >= 0.6 is 0 Å². The van der Waals surface area contributed by atoms with E-state index in [0.717, 1.165) is 5.56 Å². The summed E-state index contributed by atoms with van der Waals surface area (Å²) in [5, 5.41) is 9.55. The van der Waals surface area contributed by atoms with Crippen LogP contribution in [0.1, 0.15) is 18.9 Å². The number of para-hydroxylation sites is 1. The van der Waals surface area contributed by atoms with Crippen LogP contribution in [-0.2, 0) is 5.54 Å². The Morgan fingerprint density at radius 1 is 1.38 bits per heavy atom. The van der Waals surface area contributed by atoms with Gasteiger partial charge in [-0.3, -0.25) is 0 Å². The third-order valence-corrected chi connectivity index (χ3v) is 2.18. The number of hydrogen-bond acceptors (Lipinski definition) is 3. The Morgan fingerprint density at radius 2 is 2.00 bits per heavy atom. The number of rotatable bonds is 3. The molecular formula is C10H16N2O. The molecule has 1 unspecified atom stereocenters. The van der Waals surface area contributed by atoms with E-state index in [9.17, 15) is 5.11 Å². The van der Waals surface area contributed by atoms with Gasteiger partial charge in [0, 0.05) is 11.1 Å². The summed E-state index contributed by atoms with van der Waals surface area (Å²) in [6.45, 7) is 2.39. The van der Waals surface area contributed by atoms with Crippen molar-refractivity contribution in [2.45, 2.75) is 18.9 Å². The second kappa shape index (κ2) is 3.77. The number of benzene rings is 1. The molecule has 5 N–H and O–H groups in total. The summed E-state index contributed by atoms with van der Waals surface area (Å²) in [6, 6.07) is 7.09. The summed E-state index contributed by atoms with van der Waals surface area (Å²) in [5.74, 6) is 0.237. The molecule has 0 amide bonds. The number of phenolic OH excluding ortho intramolecular Hbond substituents is 1. The van der Waals surface area contributed by atoms with Crippen molar-refractivity contribution in [1.29, 1.82) is 0 Å². The van der Waals surface area contributed by atoms with Gasteiger partial charge in [0.15, 0.2) is 0 Å². The fourth-order valence-corrected chi connectivity index (χ4v) is 1.39. The Balaban J connectivity index is 2.99. The van der Waals surface area contributed by atoms with Crippen LogP contribution < -0.4 is 11.5 Å². The van der Waals surface area contributed by atoms with Crippen LogP contribution in [0.5, 0.6) is 5.75 Å². The number of hydrogen-bond donors (Lipinski definition) is 3. The summed E-state index contributed by atoms with van der Waals surface area (Å²) in [5.41, 5.74) is 11.7. The number of phenols is 1. The van der Waals surface area contributed by atoms with Gasteiger partial charge in [0.05, 0.1) is 0 Å². The molecule has 0 aliphatic heterocycles. The molecule has 0 spiro atoms. The molecular weight excluding hydrogens is 164 g/mol. The molecule has 0 aliphatic carbocycles. The van der Waals surface area contributed by atoms with Gasteiger partial charge >= 0.3 is 0 Å². The molecule has 0 aromatic heterocycles. The van der Waals surface area contributed by atoms with E-state index in [4.69, 9.17) is 11.5 Å². The van der Waals surface area contributed by atoms with Crippen molar-refractivity contribution in [1.82, 2.24) is 0 Å². The molecule has 13 heavy (non-hydrogen) atoms. The van der Waals surface area contributed by atoms with E-state index in [1.165, 1.54) is 0 Å². The lowest BCUT2D eigenvalue weighted by molar-refractivity contribution is 0.410. The Morgan fingerprint density at radius 3 is 2.54 bits per heavy atom. The van der Waals surface area contributed by atoms with Gasteiger partial charge in [-0.25, -0.2) is 0 Å². The Hall–Kier alpha value is -1.06. The minimum Gasteiger partial charge on any atom is -0.508 e. The van der Waals surface area contributed by atoms with Crippen LogP contribution in [0.3, 0.4) is 0 Å². The fourth-order valence-electron chi connectivity index (χ4n) is 1.39. The molecule has 1 aromatic carbocycles. The van der Waals surface area contributed by atoms with Crippen LogP contribution in [-0.4, -0.2) is 11.7 Å². The summed E-state index contributed by atoms with van der Waals surface area (Å²) in [6.07, 6.45) is 0.657. The van der Waals surface area contributed by atoms with Crippen molar-refractivity contribution < 1.29 is 5.11 Å². The van der Waals surface area contributed by atoms with Crippen LogP contribution in [0.4, 0.5) is 0 Å². The van der Waals surface area contributed by atoms with E-state index in [-0.39, 0.29) is 5.75 Å². The number of aromatic hydroxyl groups is 1. The first-order valence-electron chi connectivity index (χ1n) is 4.35. The molecule has 72 valence electrons. The molecule has 1 atom stereocenters. The maximum Gasteiger partial charge on any atom is 0.120 e. The van der Waals surface area contributed by atoms with Crippen LogP contribution in [0.25, 0.3) is 0 Å². The molecule has 0 aliphatic rings. The van der Waals surface area contributed by atoms with Crippen molar-refractivity contribution >= 4 is 0 Å². The lowest BCUT2D eigenvalue weighted by atomic mass is 9.89. The molecule has 1 rings (SSSR count). The zero-order valence-corrected chi connectivity index (χ0v) is 7.83. The first kappa shape index (κ1) is 10.0. The van der Waals surface area contributed by atoms with E-state index in [0.29, 0.717) is 13.0 Å². The Kier molecular flexibility index (Phi) is 2.90. The van der Waals surface area contributed by atoms with Gasteiger partial charge in [0.25, 0.3) is 0 Å². The maximum absolute atomic E-state index is 9.55. The monoisotopic (exact) mass is 180 g/mol. The zero-order valence-electron chi connectivity index (χ0n) is 7.83. The first-order chi connectivity index (χ1) is 6.08. The SMILES string of the molecule is CC(N)(CCN)c1ccccc1O. The highest BCUT2D eigenvalue weighted by atomic mass is 16.3. The normalized spacial score (nSPS) is 15.3. The van der Waals surface area contributed by atoms with Gasteiger partial charge in [0.2, 0.25) is 0 Å². The highest BCUT2D eigenvalue weighted by Gasteiger charge is 2.22. The summed E-state index contributed by atoms with van der Waals surface area (Å²) < 4.78 is 0.